The standard InChI is InChI=1S/C20H24N2.C18H16N2/c1-3-17-9-5-7-11-19(17)13-15-21-22-16-14-20-12-8-6-10-18(20)4-2;1-15(17-9-5-3-6-10-17)13-19-20-14-16(2)18-11-7-4-8-12-18/h5-12,15-16H,3-4,13-14H2,1-2H3;3-14H,1-2H2/b21-15+,22-16+;19-13+,20-14+. The molecule has 42 heavy (non-hydrogen) atoms. The number of hydrogen-bond acceptors (Lipinski definition) is 4. The molecule has 0 spiro atoms. The lowest BCUT2D eigenvalue weighted by molar-refractivity contribution is 1.08. The second-order valence-corrected chi connectivity index (χ2v) is 9.52. The summed E-state index contributed by atoms with van der Waals surface area (Å²) in [4.78, 5) is 0. The molecule has 0 saturated heterocycles. The van der Waals surface area contributed by atoms with Crippen molar-refractivity contribution in [3.05, 3.63) is 156 Å². The SMILES string of the molecule is C=C(/C=N/N=C/C(=C)c1ccccc1)c1ccccc1.CCc1ccccc1C/C=N/N=C/Cc1ccccc1CC. The van der Waals surface area contributed by atoms with Crippen LogP contribution in [-0.4, -0.2) is 24.9 Å². The number of nitrogens with zero attached hydrogens (tertiary/aromatic N) is 4. The molecule has 4 nitrogen and oxygen atoms in total. The van der Waals surface area contributed by atoms with Gasteiger partial charge in [0.2, 0.25) is 0 Å². The Bertz CT molecular complexity index is 1400. The van der Waals surface area contributed by atoms with Crippen LogP contribution in [-0.2, 0) is 25.7 Å². The van der Waals surface area contributed by atoms with Crippen molar-refractivity contribution in [1.82, 2.24) is 0 Å². The fourth-order valence-corrected chi connectivity index (χ4v) is 4.24. The van der Waals surface area contributed by atoms with Crippen LogP contribution in [0.25, 0.3) is 11.1 Å². The van der Waals surface area contributed by atoms with Crippen molar-refractivity contribution in [2.24, 2.45) is 20.4 Å². The molecule has 0 atom stereocenters. The summed E-state index contributed by atoms with van der Waals surface area (Å²) in [6.45, 7) is 12.3. The van der Waals surface area contributed by atoms with Gasteiger partial charge >= 0.3 is 0 Å². The zero-order valence-corrected chi connectivity index (χ0v) is 24.7. The first-order valence-electron chi connectivity index (χ1n) is 14.3. The maximum Gasteiger partial charge on any atom is 0.0568 e. The van der Waals surface area contributed by atoms with E-state index in [9.17, 15) is 0 Å². The van der Waals surface area contributed by atoms with Gasteiger partial charge in [0.1, 0.15) is 0 Å². The Balaban J connectivity index is 0.000000231. The van der Waals surface area contributed by atoms with Gasteiger partial charge in [-0.3, -0.25) is 0 Å². The summed E-state index contributed by atoms with van der Waals surface area (Å²) in [5.41, 5.74) is 9.16. The van der Waals surface area contributed by atoms with Gasteiger partial charge in [0.05, 0.1) is 12.4 Å². The molecule has 4 aromatic rings. The Kier molecular flexibility index (Phi) is 13.8. The van der Waals surface area contributed by atoms with Crippen LogP contribution < -0.4 is 0 Å². The van der Waals surface area contributed by atoms with Crippen molar-refractivity contribution in [2.45, 2.75) is 39.5 Å². The minimum Gasteiger partial charge on any atom is -0.164 e. The highest BCUT2D eigenvalue weighted by atomic mass is 15.2. The van der Waals surface area contributed by atoms with Crippen molar-refractivity contribution in [1.29, 1.82) is 0 Å². The van der Waals surface area contributed by atoms with Crippen LogP contribution >= 0.6 is 0 Å². The summed E-state index contributed by atoms with van der Waals surface area (Å²) in [6.07, 6.45) is 10.9. The molecule has 4 aromatic carbocycles. The van der Waals surface area contributed by atoms with Crippen LogP contribution in [0.15, 0.2) is 143 Å². The van der Waals surface area contributed by atoms with E-state index in [1.54, 1.807) is 12.4 Å². The number of benzene rings is 4. The van der Waals surface area contributed by atoms with Gasteiger partial charge in [-0.25, -0.2) is 0 Å². The Morgan fingerprint density at radius 3 is 1.17 bits per heavy atom. The second-order valence-electron chi connectivity index (χ2n) is 9.52. The molecule has 212 valence electrons. The van der Waals surface area contributed by atoms with E-state index in [-0.39, 0.29) is 0 Å². The highest BCUT2D eigenvalue weighted by Gasteiger charge is 1.98. The molecule has 0 amide bonds. The fourth-order valence-electron chi connectivity index (χ4n) is 4.24. The molecule has 0 unspecified atom stereocenters. The summed E-state index contributed by atoms with van der Waals surface area (Å²) >= 11 is 0. The summed E-state index contributed by atoms with van der Waals surface area (Å²) in [6, 6.07) is 36.7. The Labute approximate surface area is 251 Å². The summed E-state index contributed by atoms with van der Waals surface area (Å²) < 4.78 is 0. The van der Waals surface area contributed by atoms with Crippen molar-refractivity contribution in [2.75, 3.05) is 0 Å². The van der Waals surface area contributed by atoms with Gasteiger partial charge in [0.25, 0.3) is 0 Å². The highest BCUT2D eigenvalue weighted by molar-refractivity contribution is 6.10. The first-order valence-corrected chi connectivity index (χ1v) is 14.3. The monoisotopic (exact) mass is 552 g/mol. The van der Waals surface area contributed by atoms with Gasteiger partial charge in [-0.15, -0.1) is 0 Å². The van der Waals surface area contributed by atoms with E-state index >= 15 is 0 Å². The van der Waals surface area contributed by atoms with Crippen LogP contribution in [0.4, 0.5) is 0 Å². The first-order chi connectivity index (χ1) is 20.6. The van der Waals surface area contributed by atoms with Gasteiger partial charge in [0.15, 0.2) is 0 Å². The lowest BCUT2D eigenvalue weighted by atomic mass is 10.0. The summed E-state index contributed by atoms with van der Waals surface area (Å²) in [5, 5.41) is 16.3. The lowest BCUT2D eigenvalue weighted by Gasteiger charge is -2.03. The first kappa shape index (κ1) is 31.6. The van der Waals surface area contributed by atoms with Crippen LogP contribution in [0.3, 0.4) is 0 Å². The lowest BCUT2D eigenvalue weighted by Crippen LogP contribution is -1.94. The Morgan fingerprint density at radius 2 is 0.810 bits per heavy atom. The van der Waals surface area contributed by atoms with Crippen molar-refractivity contribution < 1.29 is 0 Å². The molecule has 4 heteroatoms. The smallest absolute Gasteiger partial charge is 0.0568 e. The molecule has 0 aromatic heterocycles. The van der Waals surface area contributed by atoms with Crippen molar-refractivity contribution in [3.8, 4) is 0 Å². The predicted octanol–water partition coefficient (Wildman–Crippen LogP) is 9.12. The third-order valence-electron chi connectivity index (χ3n) is 6.63. The molecule has 0 aliphatic rings. The molecule has 4 rings (SSSR count). The van der Waals surface area contributed by atoms with E-state index in [0.29, 0.717) is 0 Å². The normalized spacial score (nSPS) is 11.3. The number of rotatable bonds is 12. The molecule has 0 aliphatic carbocycles. The zero-order chi connectivity index (χ0) is 29.8. The summed E-state index contributed by atoms with van der Waals surface area (Å²) in [7, 11) is 0. The van der Waals surface area contributed by atoms with Crippen LogP contribution in [0, 0.1) is 0 Å². The maximum atomic E-state index is 4.16. The highest BCUT2D eigenvalue weighted by Crippen LogP contribution is 2.12. The minimum absolute atomic E-state index is 0.827. The second kappa shape index (κ2) is 18.4. The molecule has 0 N–H and O–H groups in total. The molecular formula is C38H40N4. The fraction of sp³-hybridized carbons (Fsp3) is 0.158. The number of allylic oxidation sites excluding steroid dienone is 2. The quantitative estimate of drug-likeness (QED) is 0.124. The molecule has 0 heterocycles. The third kappa shape index (κ3) is 10.9. The van der Waals surface area contributed by atoms with Crippen molar-refractivity contribution >= 4 is 36.0 Å². The molecular weight excluding hydrogens is 512 g/mol. The average Bonchev–Trinajstić information content (AvgIpc) is 3.06. The van der Waals surface area contributed by atoms with E-state index in [1.165, 1.54) is 22.3 Å². The average molecular weight is 553 g/mol. The molecule has 0 bridgehead atoms. The topological polar surface area (TPSA) is 49.4 Å². The third-order valence-corrected chi connectivity index (χ3v) is 6.63. The van der Waals surface area contributed by atoms with E-state index < -0.39 is 0 Å². The molecule has 0 aliphatic heterocycles. The Morgan fingerprint density at radius 1 is 0.476 bits per heavy atom. The van der Waals surface area contributed by atoms with Gasteiger partial charge in [-0.2, -0.15) is 20.4 Å². The Hall–Kier alpha value is -4.96. The number of hydrogen-bond donors (Lipinski definition) is 0. The van der Waals surface area contributed by atoms with Crippen LogP contribution in [0.1, 0.15) is 47.2 Å². The van der Waals surface area contributed by atoms with Gasteiger partial charge in [-0.05, 0) is 57.4 Å². The summed E-state index contributed by atoms with van der Waals surface area (Å²) in [5.74, 6) is 0. The van der Waals surface area contributed by atoms with E-state index in [1.807, 2.05) is 73.1 Å². The van der Waals surface area contributed by atoms with Gasteiger partial charge in [-0.1, -0.05) is 136 Å². The molecule has 0 fully saturated rings. The minimum atomic E-state index is 0.827. The van der Waals surface area contributed by atoms with Crippen LogP contribution in [0.5, 0.6) is 0 Å². The van der Waals surface area contributed by atoms with E-state index in [2.05, 4.69) is 95.9 Å². The zero-order valence-electron chi connectivity index (χ0n) is 24.7. The van der Waals surface area contributed by atoms with E-state index in [0.717, 1.165) is 48.0 Å². The van der Waals surface area contributed by atoms with Gasteiger partial charge < -0.3 is 0 Å². The van der Waals surface area contributed by atoms with Crippen molar-refractivity contribution in [3.63, 3.8) is 0 Å². The maximum absolute atomic E-state index is 4.16. The molecule has 0 saturated carbocycles. The van der Waals surface area contributed by atoms with Crippen LogP contribution in [0.2, 0.25) is 0 Å². The largest absolute Gasteiger partial charge is 0.164 e. The number of aryl methyl sites for hydroxylation is 2. The van der Waals surface area contributed by atoms with Gasteiger partial charge in [0, 0.05) is 25.3 Å². The predicted molar refractivity (Wildman–Crippen MR) is 184 cm³/mol. The molecule has 0 radical (unpaired) electrons. The van der Waals surface area contributed by atoms with E-state index in [4.69, 9.17) is 0 Å².